The summed E-state index contributed by atoms with van der Waals surface area (Å²) in [6.45, 7) is 0. The first-order chi connectivity index (χ1) is 24.8. The van der Waals surface area contributed by atoms with Crippen LogP contribution in [0.25, 0.3) is 88.4 Å². The van der Waals surface area contributed by atoms with Crippen LogP contribution in [0.4, 0.5) is 0 Å². The zero-order valence-electron chi connectivity index (χ0n) is 27.0. The largest absolute Gasteiger partial charge is 0.316 e. The average Bonchev–Trinajstić information content (AvgIpc) is 3.94. The Morgan fingerprint density at radius 1 is 0.320 bits per heavy atom. The van der Waals surface area contributed by atoms with E-state index < -0.39 is 0 Å². The Hall–Kier alpha value is -6.85. The van der Waals surface area contributed by atoms with E-state index in [0.717, 1.165) is 56.1 Å². The van der Waals surface area contributed by atoms with E-state index in [1.807, 2.05) is 0 Å². The summed E-state index contributed by atoms with van der Waals surface area (Å²) in [6, 6.07) is 58.5. The summed E-state index contributed by atoms with van der Waals surface area (Å²) in [5, 5.41) is 7.28. The molecule has 0 aliphatic rings. The molecule has 5 aromatic heterocycles. The third-order valence-electron chi connectivity index (χ3n) is 10.2. The van der Waals surface area contributed by atoms with Crippen LogP contribution in [0.3, 0.4) is 0 Å². The lowest BCUT2D eigenvalue weighted by Gasteiger charge is -2.12. The molecule has 0 radical (unpaired) electrons. The van der Waals surface area contributed by atoms with E-state index in [-0.39, 0.29) is 0 Å². The van der Waals surface area contributed by atoms with E-state index in [4.69, 9.17) is 4.98 Å². The van der Waals surface area contributed by atoms with Crippen LogP contribution in [-0.2, 0) is 0 Å². The Morgan fingerprint density at radius 3 is 1.24 bits per heavy atom. The predicted octanol–water partition coefficient (Wildman–Crippen LogP) is 11.2. The molecular formula is C45H29N5. The van der Waals surface area contributed by atoms with Crippen LogP contribution in [0.2, 0.25) is 0 Å². The second kappa shape index (κ2) is 10.3. The van der Waals surface area contributed by atoms with Gasteiger partial charge < -0.3 is 9.13 Å². The first-order valence-corrected chi connectivity index (χ1v) is 17.0. The summed E-state index contributed by atoms with van der Waals surface area (Å²) in [4.78, 5) is 5.47. The topological polar surface area (TPSA) is 32.6 Å². The number of para-hydroxylation sites is 4. The van der Waals surface area contributed by atoms with Gasteiger partial charge in [0.05, 0.1) is 33.1 Å². The number of fused-ring (bicyclic) bond motifs is 8. The summed E-state index contributed by atoms with van der Waals surface area (Å²) in [7, 11) is 0. The van der Waals surface area contributed by atoms with Crippen LogP contribution in [0.15, 0.2) is 176 Å². The Balaban J connectivity index is 1.17. The van der Waals surface area contributed by atoms with Crippen molar-refractivity contribution in [3.63, 3.8) is 0 Å². The standard InChI is InChI=1S/C45H29N5/c1-3-12-32(13-4-1)47-24-22-30-26-36-34-16-7-9-18-38(34)49(42(36)28-40(30)47)44-20-11-21-45(46-44)50-39-19-10-8-17-35(39)37-27-31-23-25-48(41(31)29-43(37)50)33-14-5-2-6-15-33/h1-29H. The number of nitrogens with zero attached hydrogens (tertiary/aromatic N) is 5. The van der Waals surface area contributed by atoms with Crippen LogP contribution in [0.5, 0.6) is 0 Å². The first-order valence-electron chi connectivity index (χ1n) is 17.0. The van der Waals surface area contributed by atoms with Crippen molar-refractivity contribution in [1.82, 2.24) is 23.3 Å². The van der Waals surface area contributed by atoms with Gasteiger partial charge in [0.15, 0.2) is 0 Å². The minimum Gasteiger partial charge on any atom is -0.316 e. The fraction of sp³-hybridized carbons (Fsp3) is 0. The van der Waals surface area contributed by atoms with E-state index in [1.165, 1.54) is 32.3 Å². The summed E-state index contributed by atoms with van der Waals surface area (Å²) in [5.74, 6) is 1.76. The molecule has 0 aliphatic carbocycles. The van der Waals surface area contributed by atoms with Crippen LogP contribution in [-0.4, -0.2) is 23.3 Å². The van der Waals surface area contributed by atoms with Crippen molar-refractivity contribution < 1.29 is 0 Å². The monoisotopic (exact) mass is 639 g/mol. The van der Waals surface area contributed by atoms with Crippen LogP contribution in [0, 0.1) is 0 Å². The van der Waals surface area contributed by atoms with Gasteiger partial charge in [-0.3, -0.25) is 9.13 Å². The highest BCUT2D eigenvalue weighted by Crippen LogP contribution is 2.38. The second-order valence-corrected chi connectivity index (χ2v) is 13.0. The molecular weight excluding hydrogens is 611 g/mol. The molecule has 50 heavy (non-hydrogen) atoms. The molecule has 0 saturated heterocycles. The molecule has 11 rings (SSSR count). The lowest BCUT2D eigenvalue weighted by atomic mass is 10.1. The fourth-order valence-electron chi connectivity index (χ4n) is 7.98. The van der Waals surface area contributed by atoms with Gasteiger partial charge in [-0.15, -0.1) is 0 Å². The highest BCUT2D eigenvalue weighted by atomic mass is 15.1. The van der Waals surface area contributed by atoms with Gasteiger partial charge in [0.1, 0.15) is 11.6 Å². The van der Waals surface area contributed by atoms with E-state index >= 15 is 0 Å². The Kier molecular flexibility index (Phi) is 5.60. The number of rotatable bonds is 4. The fourth-order valence-corrected chi connectivity index (χ4v) is 7.98. The predicted molar refractivity (Wildman–Crippen MR) is 207 cm³/mol. The molecule has 5 nitrogen and oxygen atoms in total. The number of pyridine rings is 1. The van der Waals surface area contributed by atoms with E-state index in [2.05, 4.69) is 194 Å². The van der Waals surface area contributed by atoms with Gasteiger partial charge >= 0.3 is 0 Å². The van der Waals surface area contributed by atoms with Crippen LogP contribution < -0.4 is 0 Å². The smallest absolute Gasteiger partial charge is 0.140 e. The van der Waals surface area contributed by atoms with Crippen molar-refractivity contribution in [2.75, 3.05) is 0 Å². The zero-order chi connectivity index (χ0) is 32.8. The number of hydrogen-bond donors (Lipinski definition) is 0. The molecule has 0 amide bonds. The van der Waals surface area contributed by atoms with Crippen molar-refractivity contribution >= 4 is 65.4 Å². The van der Waals surface area contributed by atoms with Gasteiger partial charge in [0.2, 0.25) is 0 Å². The summed E-state index contributed by atoms with van der Waals surface area (Å²) in [6.07, 6.45) is 4.33. The third kappa shape index (κ3) is 3.86. The van der Waals surface area contributed by atoms with Crippen molar-refractivity contribution in [3.05, 3.63) is 176 Å². The average molecular weight is 640 g/mol. The van der Waals surface area contributed by atoms with Gasteiger partial charge in [-0.05, 0) is 84.9 Å². The van der Waals surface area contributed by atoms with Crippen molar-refractivity contribution in [2.45, 2.75) is 0 Å². The third-order valence-corrected chi connectivity index (χ3v) is 10.2. The van der Waals surface area contributed by atoms with E-state index in [0.29, 0.717) is 0 Å². The molecule has 6 aromatic carbocycles. The maximum Gasteiger partial charge on any atom is 0.140 e. The lowest BCUT2D eigenvalue weighted by Crippen LogP contribution is -2.03. The Labute approximate surface area is 287 Å². The highest BCUT2D eigenvalue weighted by molar-refractivity contribution is 6.14. The van der Waals surface area contributed by atoms with E-state index in [9.17, 15) is 0 Å². The van der Waals surface area contributed by atoms with Gasteiger partial charge in [0, 0.05) is 56.1 Å². The highest BCUT2D eigenvalue weighted by Gasteiger charge is 2.19. The zero-order valence-corrected chi connectivity index (χ0v) is 27.0. The molecule has 0 aliphatic heterocycles. The lowest BCUT2D eigenvalue weighted by molar-refractivity contribution is 1.01. The minimum absolute atomic E-state index is 0.880. The molecule has 0 N–H and O–H groups in total. The summed E-state index contributed by atoms with van der Waals surface area (Å²) in [5.41, 5.74) is 9.14. The quantitative estimate of drug-likeness (QED) is 0.189. The molecule has 0 fully saturated rings. The van der Waals surface area contributed by atoms with Crippen LogP contribution >= 0.6 is 0 Å². The molecule has 0 spiro atoms. The minimum atomic E-state index is 0.880. The number of benzene rings is 6. The summed E-state index contributed by atoms with van der Waals surface area (Å²) >= 11 is 0. The van der Waals surface area contributed by atoms with E-state index in [1.54, 1.807) is 0 Å². The van der Waals surface area contributed by atoms with Crippen molar-refractivity contribution in [3.8, 4) is 23.0 Å². The van der Waals surface area contributed by atoms with Gasteiger partial charge in [-0.2, -0.15) is 0 Å². The van der Waals surface area contributed by atoms with Gasteiger partial charge in [0.25, 0.3) is 0 Å². The molecule has 0 atom stereocenters. The molecule has 0 saturated carbocycles. The number of hydrogen-bond acceptors (Lipinski definition) is 1. The molecule has 5 heterocycles. The SMILES string of the molecule is c1ccc(-n2ccc3cc4c5ccccc5n(-c5cccc(-n6c7ccccc7c7cc8ccn(-c9ccccc9)c8cc76)n5)c4cc32)cc1. The first kappa shape index (κ1) is 27.1. The molecule has 5 heteroatoms. The van der Waals surface area contributed by atoms with Crippen molar-refractivity contribution in [2.24, 2.45) is 0 Å². The summed E-state index contributed by atoms with van der Waals surface area (Å²) < 4.78 is 9.18. The van der Waals surface area contributed by atoms with Crippen LogP contribution in [0.1, 0.15) is 0 Å². The molecule has 0 unspecified atom stereocenters. The van der Waals surface area contributed by atoms with Gasteiger partial charge in [-0.25, -0.2) is 4.98 Å². The number of aromatic nitrogens is 5. The Morgan fingerprint density at radius 2 is 0.760 bits per heavy atom. The molecule has 234 valence electrons. The maximum atomic E-state index is 5.47. The second-order valence-electron chi connectivity index (χ2n) is 13.0. The van der Waals surface area contributed by atoms with Crippen molar-refractivity contribution in [1.29, 1.82) is 0 Å². The van der Waals surface area contributed by atoms with Gasteiger partial charge in [-0.1, -0.05) is 78.9 Å². The Bertz CT molecular complexity index is 2880. The molecule has 11 aromatic rings. The molecule has 0 bridgehead atoms. The normalized spacial score (nSPS) is 12.0. The maximum absolute atomic E-state index is 5.47.